The second-order valence-corrected chi connectivity index (χ2v) is 6.46. The van der Waals surface area contributed by atoms with Crippen LogP contribution in [0, 0.1) is 0 Å². The van der Waals surface area contributed by atoms with E-state index in [-0.39, 0.29) is 6.04 Å². The summed E-state index contributed by atoms with van der Waals surface area (Å²) >= 11 is 0. The average molecular weight is 345 g/mol. The van der Waals surface area contributed by atoms with E-state index in [9.17, 15) is 5.11 Å². The van der Waals surface area contributed by atoms with Crippen molar-refractivity contribution in [2.24, 2.45) is 0 Å². The monoisotopic (exact) mass is 345 g/mol. The summed E-state index contributed by atoms with van der Waals surface area (Å²) in [5.41, 5.74) is 1.24. The van der Waals surface area contributed by atoms with Crippen molar-refractivity contribution in [3.05, 3.63) is 54.0 Å². The van der Waals surface area contributed by atoms with Gasteiger partial charge in [0.1, 0.15) is 17.6 Å². The summed E-state index contributed by atoms with van der Waals surface area (Å²) in [5, 5.41) is 10.4. The van der Waals surface area contributed by atoms with E-state index in [1.165, 1.54) is 5.56 Å². The Balaban J connectivity index is 1.59. The van der Waals surface area contributed by atoms with E-state index >= 15 is 0 Å². The van der Waals surface area contributed by atoms with Crippen LogP contribution in [-0.4, -0.2) is 42.4 Å². The van der Waals surface area contributed by atoms with Crippen molar-refractivity contribution < 1.29 is 19.0 Å². The number of aliphatic hydroxyl groups is 1. The van der Waals surface area contributed by atoms with Crippen LogP contribution in [0.2, 0.25) is 0 Å². The van der Waals surface area contributed by atoms with Gasteiger partial charge in [-0.3, -0.25) is 4.90 Å². The molecule has 0 saturated carbocycles. The molecule has 0 aliphatic carbocycles. The third kappa shape index (κ3) is 5.08. The van der Waals surface area contributed by atoms with Crippen molar-refractivity contribution in [1.82, 2.24) is 4.90 Å². The second kappa shape index (κ2) is 9.04. The fourth-order valence-electron chi connectivity index (χ4n) is 3.11. The van der Waals surface area contributed by atoms with Gasteiger partial charge >= 0.3 is 0 Å². The topological polar surface area (TPSA) is 55.1 Å². The first kappa shape index (κ1) is 18.0. The van der Waals surface area contributed by atoms with Gasteiger partial charge in [-0.15, -0.1) is 0 Å². The minimum Gasteiger partial charge on any atom is -0.494 e. The Morgan fingerprint density at radius 3 is 2.84 bits per heavy atom. The molecular weight excluding hydrogens is 318 g/mol. The van der Waals surface area contributed by atoms with Gasteiger partial charge in [0.05, 0.1) is 26.1 Å². The Bertz CT molecular complexity index is 611. The smallest absolute Gasteiger partial charge is 0.132 e. The van der Waals surface area contributed by atoms with Gasteiger partial charge < -0.3 is 19.0 Å². The Labute approximate surface area is 149 Å². The van der Waals surface area contributed by atoms with E-state index in [2.05, 4.69) is 24.0 Å². The van der Waals surface area contributed by atoms with Gasteiger partial charge in [0.25, 0.3) is 0 Å². The van der Waals surface area contributed by atoms with Crippen molar-refractivity contribution in [3.63, 3.8) is 0 Å². The van der Waals surface area contributed by atoms with Crippen LogP contribution in [0.4, 0.5) is 0 Å². The molecule has 1 aromatic heterocycles. The lowest BCUT2D eigenvalue weighted by Gasteiger charge is -2.36. The van der Waals surface area contributed by atoms with Crippen LogP contribution in [0.25, 0.3) is 0 Å². The molecule has 1 fully saturated rings. The molecule has 5 nitrogen and oxygen atoms in total. The summed E-state index contributed by atoms with van der Waals surface area (Å²) in [7, 11) is 0. The van der Waals surface area contributed by atoms with Crippen molar-refractivity contribution in [2.75, 3.05) is 26.4 Å². The fraction of sp³-hybridized carbons (Fsp3) is 0.500. The molecule has 25 heavy (non-hydrogen) atoms. The molecule has 136 valence electrons. The van der Waals surface area contributed by atoms with E-state index in [1.54, 1.807) is 12.3 Å². The molecule has 1 saturated heterocycles. The minimum absolute atomic E-state index is 0.171. The average Bonchev–Trinajstić information content (AvgIpc) is 3.18. The first-order valence-corrected chi connectivity index (χ1v) is 9.01. The van der Waals surface area contributed by atoms with E-state index in [1.807, 2.05) is 18.2 Å². The number of hydrogen-bond acceptors (Lipinski definition) is 5. The summed E-state index contributed by atoms with van der Waals surface area (Å²) in [6, 6.07) is 12.1. The van der Waals surface area contributed by atoms with E-state index < -0.39 is 6.10 Å². The van der Waals surface area contributed by atoms with Crippen molar-refractivity contribution in [3.8, 4) is 5.75 Å². The molecule has 0 bridgehead atoms. The molecule has 2 unspecified atom stereocenters. The van der Waals surface area contributed by atoms with Crippen LogP contribution in [0.5, 0.6) is 5.75 Å². The van der Waals surface area contributed by atoms with Crippen LogP contribution in [0.15, 0.2) is 47.1 Å². The number of benzene rings is 1. The van der Waals surface area contributed by atoms with Crippen molar-refractivity contribution in [1.29, 1.82) is 0 Å². The first-order chi connectivity index (χ1) is 12.3. The molecule has 2 heterocycles. The van der Waals surface area contributed by atoms with Gasteiger partial charge in [-0.05, 0) is 42.7 Å². The van der Waals surface area contributed by atoms with E-state index in [4.69, 9.17) is 13.9 Å². The third-order valence-corrected chi connectivity index (χ3v) is 4.50. The molecule has 0 amide bonds. The quantitative estimate of drug-likeness (QED) is 0.795. The molecule has 1 aliphatic rings. The molecule has 1 N–H and O–H groups in total. The normalized spacial score (nSPS) is 19.7. The number of nitrogens with zero attached hydrogens (tertiary/aromatic N) is 1. The van der Waals surface area contributed by atoms with Gasteiger partial charge in [0.15, 0.2) is 0 Å². The molecule has 1 aliphatic heterocycles. The Morgan fingerprint density at radius 1 is 1.28 bits per heavy atom. The maximum absolute atomic E-state index is 10.4. The largest absolute Gasteiger partial charge is 0.494 e. The van der Waals surface area contributed by atoms with Crippen molar-refractivity contribution >= 4 is 0 Å². The summed E-state index contributed by atoms with van der Waals surface area (Å²) in [6.07, 6.45) is 2.60. The number of morpholine rings is 1. The Hall–Kier alpha value is -1.82. The predicted molar refractivity (Wildman–Crippen MR) is 95.5 cm³/mol. The SMILES string of the molecule is CCCOc1ccc(CN2CCOCC2CC(O)c2ccco2)cc1. The molecule has 0 radical (unpaired) electrons. The zero-order valence-corrected chi connectivity index (χ0v) is 14.8. The van der Waals surface area contributed by atoms with Gasteiger partial charge in [-0.1, -0.05) is 19.1 Å². The predicted octanol–water partition coefficient (Wildman–Crippen LogP) is 3.39. The van der Waals surface area contributed by atoms with Crippen LogP contribution in [-0.2, 0) is 11.3 Å². The number of ether oxygens (including phenoxy) is 2. The fourth-order valence-corrected chi connectivity index (χ4v) is 3.11. The van der Waals surface area contributed by atoms with Crippen LogP contribution in [0.1, 0.15) is 37.2 Å². The highest BCUT2D eigenvalue weighted by atomic mass is 16.5. The van der Waals surface area contributed by atoms with Crippen LogP contribution >= 0.6 is 0 Å². The number of rotatable bonds is 8. The number of furan rings is 1. The molecule has 2 atom stereocenters. The second-order valence-electron chi connectivity index (χ2n) is 6.46. The zero-order valence-electron chi connectivity index (χ0n) is 14.8. The highest BCUT2D eigenvalue weighted by Crippen LogP contribution is 2.24. The van der Waals surface area contributed by atoms with Gasteiger partial charge in [-0.2, -0.15) is 0 Å². The highest BCUT2D eigenvalue weighted by Gasteiger charge is 2.27. The summed E-state index contributed by atoms with van der Waals surface area (Å²) in [4.78, 5) is 2.37. The first-order valence-electron chi connectivity index (χ1n) is 9.01. The summed E-state index contributed by atoms with van der Waals surface area (Å²) in [5.74, 6) is 1.53. The zero-order chi connectivity index (χ0) is 17.5. The van der Waals surface area contributed by atoms with Crippen LogP contribution < -0.4 is 4.74 Å². The lowest BCUT2D eigenvalue weighted by molar-refractivity contribution is -0.0323. The summed E-state index contributed by atoms with van der Waals surface area (Å²) in [6.45, 7) is 5.91. The molecule has 0 spiro atoms. The molecule has 1 aromatic carbocycles. The number of aliphatic hydroxyl groups excluding tert-OH is 1. The maximum Gasteiger partial charge on any atom is 0.132 e. The lowest BCUT2D eigenvalue weighted by atomic mass is 10.0. The minimum atomic E-state index is -0.603. The van der Waals surface area contributed by atoms with Gasteiger partial charge in [0.2, 0.25) is 0 Å². The molecule has 3 rings (SSSR count). The Kier molecular flexibility index (Phi) is 6.50. The third-order valence-electron chi connectivity index (χ3n) is 4.50. The van der Waals surface area contributed by atoms with Crippen molar-refractivity contribution in [2.45, 2.75) is 38.5 Å². The number of hydrogen-bond donors (Lipinski definition) is 1. The Morgan fingerprint density at radius 2 is 2.12 bits per heavy atom. The molecule has 2 aromatic rings. The maximum atomic E-state index is 10.4. The summed E-state index contributed by atoms with van der Waals surface area (Å²) < 4.78 is 16.6. The van der Waals surface area contributed by atoms with Gasteiger partial charge in [-0.25, -0.2) is 0 Å². The molecule has 5 heteroatoms. The van der Waals surface area contributed by atoms with Crippen LogP contribution in [0.3, 0.4) is 0 Å². The van der Waals surface area contributed by atoms with E-state index in [0.29, 0.717) is 18.8 Å². The lowest BCUT2D eigenvalue weighted by Crippen LogP contribution is -2.45. The van der Waals surface area contributed by atoms with E-state index in [0.717, 1.165) is 38.5 Å². The van der Waals surface area contributed by atoms with Gasteiger partial charge in [0, 0.05) is 19.1 Å². The highest BCUT2D eigenvalue weighted by molar-refractivity contribution is 5.27. The standard InChI is InChI=1S/C20H27NO4/c1-2-10-24-18-7-5-16(6-8-18)14-21-9-12-23-15-17(21)13-19(22)20-4-3-11-25-20/h3-8,11,17,19,22H,2,9-10,12-15H2,1H3. The molecular formula is C20H27NO4.